The average Bonchev–Trinajstić information content (AvgIpc) is 2.67. The SMILES string of the molecule is NC(=S)N(CCc1ccc(OS(=O)(=O)c2cccc(C(F)(F)F)c2)cc1[N+](=O)[O-])C(=O)O. The molecule has 32 heavy (non-hydrogen) atoms. The van der Waals surface area contributed by atoms with E-state index in [1.165, 1.54) is 0 Å². The lowest BCUT2D eigenvalue weighted by Gasteiger charge is -2.16. The summed E-state index contributed by atoms with van der Waals surface area (Å²) < 4.78 is 68.0. The van der Waals surface area contributed by atoms with Crippen molar-refractivity contribution in [2.24, 2.45) is 5.73 Å². The molecule has 0 saturated heterocycles. The summed E-state index contributed by atoms with van der Waals surface area (Å²) in [6.07, 6.45) is -6.45. The van der Waals surface area contributed by atoms with Gasteiger partial charge in [0, 0.05) is 12.1 Å². The van der Waals surface area contributed by atoms with Gasteiger partial charge >= 0.3 is 22.4 Å². The van der Waals surface area contributed by atoms with Crippen LogP contribution in [0.25, 0.3) is 0 Å². The first-order chi connectivity index (χ1) is 14.7. The molecular formula is C17H14F3N3O7S2. The molecule has 0 atom stereocenters. The molecule has 2 aromatic carbocycles. The molecule has 2 rings (SSSR count). The predicted molar refractivity (Wildman–Crippen MR) is 108 cm³/mol. The number of hydrogen-bond donors (Lipinski definition) is 2. The Bertz CT molecular complexity index is 1160. The van der Waals surface area contributed by atoms with Crippen molar-refractivity contribution in [2.75, 3.05) is 6.54 Å². The highest BCUT2D eigenvalue weighted by atomic mass is 32.2. The van der Waals surface area contributed by atoms with Crippen LogP contribution in [0.4, 0.5) is 23.7 Å². The zero-order valence-corrected chi connectivity index (χ0v) is 17.4. The molecule has 0 radical (unpaired) electrons. The molecule has 0 aliphatic rings. The minimum absolute atomic E-state index is 0.0151. The number of nitrogens with two attached hydrogens (primary N) is 1. The smallest absolute Gasteiger partial charge is 0.416 e. The van der Waals surface area contributed by atoms with E-state index in [-0.39, 0.29) is 18.5 Å². The summed E-state index contributed by atoms with van der Waals surface area (Å²) >= 11 is 4.58. The summed E-state index contributed by atoms with van der Waals surface area (Å²) in [4.78, 5) is 21.4. The van der Waals surface area contributed by atoms with Crippen LogP contribution in [0.5, 0.6) is 5.75 Å². The van der Waals surface area contributed by atoms with Gasteiger partial charge in [-0.2, -0.15) is 21.6 Å². The molecule has 0 unspecified atom stereocenters. The Morgan fingerprint density at radius 3 is 2.44 bits per heavy atom. The number of thiocarbonyl (C=S) groups is 1. The topological polar surface area (TPSA) is 153 Å². The summed E-state index contributed by atoms with van der Waals surface area (Å²) in [6.45, 7) is -0.311. The summed E-state index contributed by atoms with van der Waals surface area (Å²) in [5.41, 5.74) is 3.47. The fraction of sp³-hybridized carbons (Fsp3) is 0.176. The van der Waals surface area contributed by atoms with Gasteiger partial charge in [-0.15, -0.1) is 0 Å². The van der Waals surface area contributed by atoms with Gasteiger partial charge in [0.1, 0.15) is 10.6 Å². The van der Waals surface area contributed by atoms with Crippen LogP contribution in [0.2, 0.25) is 0 Å². The van der Waals surface area contributed by atoms with Gasteiger partial charge in [-0.05, 0) is 49.0 Å². The number of nitro benzene ring substituents is 1. The lowest BCUT2D eigenvalue weighted by molar-refractivity contribution is -0.385. The van der Waals surface area contributed by atoms with Crippen LogP contribution in [-0.4, -0.2) is 41.1 Å². The molecule has 0 bridgehead atoms. The molecule has 0 fully saturated rings. The van der Waals surface area contributed by atoms with E-state index in [2.05, 4.69) is 12.2 Å². The van der Waals surface area contributed by atoms with Crippen molar-refractivity contribution in [1.82, 2.24) is 4.90 Å². The molecule has 15 heteroatoms. The van der Waals surface area contributed by atoms with Crippen LogP contribution < -0.4 is 9.92 Å². The molecule has 0 saturated carbocycles. The van der Waals surface area contributed by atoms with E-state index in [1.807, 2.05) is 0 Å². The van der Waals surface area contributed by atoms with Crippen LogP contribution in [0, 0.1) is 10.1 Å². The van der Waals surface area contributed by atoms with E-state index >= 15 is 0 Å². The lowest BCUT2D eigenvalue weighted by atomic mass is 10.1. The fourth-order valence-corrected chi connectivity index (χ4v) is 3.65. The highest BCUT2D eigenvalue weighted by Crippen LogP contribution is 2.32. The van der Waals surface area contributed by atoms with E-state index < -0.39 is 54.3 Å². The second-order valence-electron chi connectivity index (χ2n) is 6.13. The van der Waals surface area contributed by atoms with E-state index in [9.17, 15) is 36.5 Å². The van der Waals surface area contributed by atoms with Gasteiger partial charge in [-0.25, -0.2) is 4.79 Å². The first-order valence-electron chi connectivity index (χ1n) is 8.41. The molecule has 172 valence electrons. The molecule has 0 spiro atoms. The Morgan fingerprint density at radius 1 is 1.25 bits per heavy atom. The molecule has 1 amide bonds. The average molecular weight is 493 g/mol. The van der Waals surface area contributed by atoms with Gasteiger partial charge in [-0.3, -0.25) is 15.0 Å². The Labute approximate surface area is 184 Å². The third kappa shape index (κ3) is 6.04. The van der Waals surface area contributed by atoms with Crippen molar-refractivity contribution in [3.63, 3.8) is 0 Å². The van der Waals surface area contributed by atoms with Crippen molar-refractivity contribution in [1.29, 1.82) is 0 Å². The number of amides is 1. The summed E-state index contributed by atoms with van der Waals surface area (Å²) in [6, 6.07) is 5.71. The van der Waals surface area contributed by atoms with E-state index in [0.29, 0.717) is 17.0 Å². The number of alkyl halides is 3. The van der Waals surface area contributed by atoms with Crippen LogP contribution in [-0.2, 0) is 22.7 Å². The molecule has 0 heterocycles. The Morgan fingerprint density at radius 2 is 1.91 bits per heavy atom. The first-order valence-corrected chi connectivity index (χ1v) is 10.2. The second kappa shape index (κ2) is 9.35. The molecule has 3 N–H and O–H groups in total. The van der Waals surface area contributed by atoms with Gasteiger partial charge in [0.05, 0.1) is 16.6 Å². The molecular weight excluding hydrogens is 479 g/mol. The van der Waals surface area contributed by atoms with Gasteiger partial charge in [0.25, 0.3) is 5.69 Å². The predicted octanol–water partition coefficient (Wildman–Crippen LogP) is 3.15. The minimum Gasteiger partial charge on any atom is -0.465 e. The van der Waals surface area contributed by atoms with Gasteiger partial charge < -0.3 is 15.0 Å². The number of halogens is 3. The minimum atomic E-state index is -4.79. The maximum absolute atomic E-state index is 12.8. The summed E-state index contributed by atoms with van der Waals surface area (Å²) in [5.74, 6) is -0.526. The number of hydrogen-bond acceptors (Lipinski definition) is 7. The van der Waals surface area contributed by atoms with Crippen LogP contribution in [0.3, 0.4) is 0 Å². The number of carboxylic acid groups (broad SMARTS) is 1. The lowest BCUT2D eigenvalue weighted by Crippen LogP contribution is -2.40. The molecule has 10 nitrogen and oxygen atoms in total. The van der Waals surface area contributed by atoms with Crippen molar-refractivity contribution >= 4 is 39.2 Å². The van der Waals surface area contributed by atoms with Crippen molar-refractivity contribution in [3.05, 3.63) is 63.7 Å². The van der Waals surface area contributed by atoms with Crippen LogP contribution in [0.1, 0.15) is 11.1 Å². The maximum atomic E-state index is 12.8. The van der Waals surface area contributed by atoms with E-state index in [0.717, 1.165) is 30.3 Å². The highest BCUT2D eigenvalue weighted by molar-refractivity contribution is 7.87. The van der Waals surface area contributed by atoms with E-state index in [4.69, 9.17) is 15.0 Å². The highest BCUT2D eigenvalue weighted by Gasteiger charge is 2.32. The normalized spacial score (nSPS) is 11.6. The van der Waals surface area contributed by atoms with Crippen LogP contribution >= 0.6 is 12.2 Å². The molecule has 0 aliphatic carbocycles. The number of rotatable bonds is 7. The fourth-order valence-electron chi connectivity index (χ4n) is 2.51. The molecule has 0 aromatic heterocycles. The quantitative estimate of drug-likeness (QED) is 0.256. The summed E-state index contributed by atoms with van der Waals surface area (Å²) in [7, 11) is -4.74. The Balaban J connectivity index is 2.32. The number of nitrogens with zero attached hydrogens (tertiary/aromatic N) is 2. The zero-order chi connectivity index (χ0) is 24.3. The second-order valence-corrected chi connectivity index (χ2v) is 8.10. The van der Waals surface area contributed by atoms with Gasteiger partial charge in [0.15, 0.2) is 5.11 Å². The van der Waals surface area contributed by atoms with Crippen molar-refractivity contribution in [2.45, 2.75) is 17.5 Å². The van der Waals surface area contributed by atoms with E-state index in [1.54, 1.807) is 0 Å². The Kier molecular flexibility index (Phi) is 7.25. The first kappa shape index (κ1) is 24.8. The largest absolute Gasteiger partial charge is 0.465 e. The number of carbonyl (C=O) groups is 1. The Hall–Kier alpha value is -3.46. The zero-order valence-electron chi connectivity index (χ0n) is 15.8. The molecule has 2 aromatic rings. The molecule has 0 aliphatic heterocycles. The number of benzene rings is 2. The summed E-state index contributed by atoms with van der Waals surface area (Å²) in [5, 5.41) is 19.9. The maximum Gasteiger partial charge on any atom is 0.416 e. The third-order valence-electron chi connectivity index (χ3n) is 4.01. The van der Waals surface area contributed by atoms with Crippen molar-refractivity contribution < 1.29 is 40.6 Å². The monoisotopic (exact) mass is 493 g/mol. The van der Waals surface area contributed by atoms with Crippen LogP contribution in [0.15, 0.2) is 47.4 Å². The standard InChI is InChI=1S/C17H14F3N3O7S2/c18-17(19,20)11-2-1-3-13(8-11)32(28,29)30-12-5-4-10(14(9-12)23(26)27)6-7-22(15(21)31)16(24)25/h1-5,8-9H,6-7H2,(H2,21,31)(H,24,25). The van der Waals surface area contributed by atoms with Crippen molar-refractivity contribution in [3.8, 4) is 5.75 Å². The number of nitro groups is 1. The van der Waals surface area contributed by atoms with Gasteiger partial charge in [-0.1, -0.05) is 6.07 Å². The third-order valence-corrected chi connectivity index (χ3v) is 5.47. The van der Waals surface area contributed by atoms with Gasteiger partial charge in [0.2, 0.25) is 0 Å².